The van der Waals surface area contributed by atoms with Crippen molar-refractivity contribution in [2.24, 2.45) is 0 Å². The van der Waals surface area contributed by atoms with Crippen LogP contribution in [0.25, 0.3) is 0 Å². The zero-order valence-electron chi connectivity index (χ0n) is 13.4. The molecule has 0 saturated heterocycles. The summed E-state index contributed by atoms with van der Waals surface area (Å²) in [5.74, 6) is 0. The number of hydrogen-bond donors (Lipinski definition) is 2. The zero-order chi connectivity index (χ0) is 16.7. The van der Waals surface area contributed by atoms with Gasteiger partial charge in [-0.05, 0) is 49.7 Å². The van der Waals surface area contributed by atoms with Crippen LogP contribution in [0, 0.1) is 0 Å². The van der Waals surface area contributed by atoms with Crippen LogP contribution in [0.3, 0.4) is 0 Å². The van der Waals surface area contributed by atoms with Crippen LogP contribution in [0.15, 0.2) is 48.6 Å². The van der Waals surface area contributed by atoms with E-state index in [0.29, 0.717) is 0 Å². The maximum Gasteiger partial charge on any atom is 0.110 e. The molecule has 2 aliphatic rings. The molecule has 0 saturated carbocycles. The van der Waals surface area contributed by atoms with Crippen LogP contribution < -0.4 is 10.6 Å². The molecule has 0 radical (unpaired) electrons. The molecule has 0 aliphatic carbocycles. The predicted molar refractivity (Wildman–Crippen MR) is 102 cm³/mol. The normalized spacial score (nSPS) is 21.8. The topological polar surface area (TPSA) is 27.3 Å². The van der Waals surface area contributed by atoms with Crippen LogP contribution in [0.4, 0.5) is 11.4 Å². The molecule has 0 aromatic heterocycles. The summed E-state index contributed by atoms with van der Waals surface area (Å²) in [6.07, 6.45) is 5.49. The van der Waals surface area contributed by atoms with Crippen LogP contribution in [0.2, 0.25) is 10.0 Å². The van der Waals surface area contributed by atoms with Crippen molar-refractivity contribution in [2.75, 3.05) is 17.2 Å². The Morgan fingerprint density at radius 3 is 2.00 bits per heavy atom. The van der Waals surface area contributed by atoms with Gasteiger partial charge in [-0.2, -0.15) is 0 Å². The van der Waals surface area contributed by atoms with E-state index in [1.54, 1.807) is 0 Å². The average Bonchev–Trinajstić information content (AvgIpc) is 2.57. The molecule has 2 aromatic rings. The second-order valence-corrected chi connectivity index (χ2v) is 7.03. The Labute approximate surface area is 152 Å². The Morgan fingerprint density at radius 2 is 1.50 bits per heavy atom. The minimum atomic E-state index is 0.101. The van der Waals surface area contributed by atoms with E-state index >= 15 is 0 Å². The van der Waals surface area contributed by atoms with Crippen LogP contribution in [-0.2, 0) is 0 Å². The van der Waals surface area contributed by atoms with Crippen molar-refractivity contribution in [3.05, 3.63) is 69.7 Å². The molecule has 0 amide bonds. The molecule has 0 spiro atoms. The summed E-state index contributed by atoms with van der Waals surface area (Å²) >= 11 is 12.5. The van der Waals surface area contributed by atoms with Crippen molar-refractivity contribution >= 4 is 34.6 Å². The van der Waals surface area contributed by atoms with Gasteiger partial charge in [-0.1, -0.05) is 35.4 Å². The molecular weight excluding hydrogens is 341 g/mol. The Kier molecular flexibility index (Phi) is 4.17. The number of fused-ring (bicyclic) bond motifs is 6. The van der Waals surface area contributed by atoms with Gasteiger partial charge in [0.25, 0.3) is 0 Å². The van der Waals surface area contributed by atoms with Gasteiger partial charge >= 0.3 is 0 Å². The number of benzene rings is 2. The molecule has 3 nitrogen and oxygen atoms in total. The van der Waals surface area contributed by atoms with Gasteiger partial charge < -0.3 is 10.6 Å². The van der Waals surface area contributed by atoms with Crippen molar-refractivity contribution in [3.63, 3.8) is 0 Å². The van der Waals surface area contributed by atoms with Crippen LogP contribution in [0.1, 0.15) is 36.8 Å². The molecule has 5 heteroatoms. The molecule has 2 N–H and O–H groups in total. The summed E-state index contributed by atoms with van der Waals surface area (Å²) < 4.78 is 0. The average molecular weight is 360 g/mol. The first-order chi connectivity index (χ1) is 11.7. The maximum absolute atomic E-state index is 6.25. The second-order valence-electron chi connectivity index (χ2n) is 6.15. The highest BCUT2D eigenvalue weighted by Crippen LogP contribution is 2.47. The van der Waals surface area contributed by atoms with Crippen molar-refractivity contribution in [3.8, 4) is 0 Å². The van der Waals surface area contributed by atoms with Crippen LogP contribution in [0.5, 0.6) is 0 Å². The molecule has 124 valence electrons. The number of anilines is 2. The number of rotatable bonds is 3. The highest BCUT2D eigenvalue weighted by atomic mass is 35.5. The fourth-order valence-electron chi connectivity index (χ4n) is 3.55. The number of nitrogens with zero attached hydrogens (tertiary/aromatic N) is 1. The molecule has 2 bridgehead atoms. The summed E-state index contributed by atoms with van der Waals surface area (Å²) in [6.45, 7) is 3.00. The summed E-state index contributed by atoms with van der Waals surface area (Å²) in [5.41, 5.74) is 4.60. The molecule has 2 heterocycles. The van der Waals surface area contributed by atoms with Crippen LogP contribution >= 0.6 is 23.2 Å². The predicted octanol–water partition coefficient (Wildman–Crippen LogP) is 5.81. The lowest BCUT2D eigenvalue weighted by Gasteiger charge is -2.49. The van der Waals surface area contributed by atoms with E-state index < -0.39 is 0 Å². The first-order valence-corrected chi connectivity index (χ1v) is 8.92. The fraction of sp³-hybridized carbons (Fsp3) is 0.263. The van der Waals surface area contributed by atoms with E-state index in [1.807, 2.05) is 24.3 Å². The highest BCUT2D eigenvalue weighted by molar-refractivity contribution is 6.31. The Morgan fingerprint density at radius 1 is 0.958 bits per heavy atom. The lowest BCUT2D eigenvalue weighted by molar-refractivity contribution is 0.150. The third-order valence-electron chi connectivity index (χ3n) is 4.65. The number of nitrogens with one attached hydrogen (secondary N) is 2. The lowest BCUT2D eigenvalue weighted by Crippen LogP contribution is -2.47. The maximum atomic E-state index is 6.25. The van der Waals surface area contributed by atoms with Crippen LogP contribution in [-0.4, -0.2) is 11.4 Å². The number of hydrogen-bond acceptors (Lipinski definition) is 3. The fourth-order valence-corrected chi connectivity index (χ4v) is 3.91. The Hall–Kier alpha value is -1.68. The third-order valence-corrected chi connectivity index (χ3v) is 5.12. The van der Waals surface area contributed by atoms with Gasteiger partial charge in [0, 0.05) is 39.1 Å². The van der Waals surface area contributed by atoms with Crippen molar-refractivity contribution in [1.82, 2.24) is 4.90 Å². The molecule has 2 aromatic carbocycles. The quantitative estimate of drug-likeness (QED) is 0.677. The van der Waals surface area contributed by atoms with Gasteiger partial charge in [-0.15, -0.1) is 0 Å². The lowest BCUT2D eigenvalue weighted by atomic mass is 9.96. The molecule has 24 heavy (non-hydrogen) atoms. The first kappa shape index (κ1) is 15.8. The van der Waals surface area contributed by atoms with Gasteiger partial charge in [-0.25, -0.2) is 0 Å². The summed E-state index contributed by atoms with van der Waals surface area (Å²) in [5, 5.41) is 8.83. The van der Waals surface area contributed by atoms with E-state index in [4.69, 9.17) is 23.2 Å². The third kappa shape index (κ3) is 2.67. The van der Waals surface area contributed by atoms with Crippen molar-refractivity contribution in [1.29, 1.82) is 0 Å². The van der Waals surface area contributed by atoms with E-state index in [9.17, 15) is 0 Å². The molecular formula is C19H19Cl2N3. The minimum Gasteiger partial charge on any atom is -0.365 e. The molecule has 2 aliphatic heterocycles. The summed E-state index contributed by atoms with van der Waals surface area (Å²) in [6, 6.07) is 12.0. The van der Waals surface area contributed by atoms with Gasteiger partial charge in [0.05, 0.1) is 0 Å². The Bertz CT molecular complexity index is 744. The molecule has 4 rings (SSSR count). The van der Waals surface area contributed by atoms with Gasteiger partial charge in [0.1, 0.15) is 12.3 Å². The van der Waals surface area contributed by atoms with E-state index in [1.165, 1.54) is 11.1 Å². The van der Waals surface area contributed by atoms with E-state index in [-0.39, 0.29) is 12.3 Å². The molecule has 0 fully saturated rings. The van der Waals surface area contributed by atoms with E-state index in [0.717, 1.165) is 34.4 Å². The number of allylic oxidation sites excluding steroid dienone is 1. The SMILES string of the molecule is C/C=C\CCN1C2Nc3ccc(Cl)cc3C1Nc1ccc(Cl)cc12. The largest absolute Gasteiger partial charge is 0.365 e. The highest BCUT2D eigenvalue weighted by Gasteiger charge is 2.39. The monoisotopic (exact) mass is 359 g/mol. The van der Waals surface area contributed by atoms with Gasteiger partial charge in [-0.3, -0.25) is 4.90 Å². The summed E-state index contributed by atoms with van der Waals surface area (Å²) in [7, 11) is 0. The zero-order valence-corrected chi connectivity index (χ0v) is 14.9. The van der Waals surface area contributed by atoms with E-state index in [2.05, 4.69) is 46.7 Å². The molecule has 2 atom stereocenters. The Balaban J connectivity index is 1.79. The minimum absolute atomic E-state index is 0.101. The van der Waals surface area contributed by atoms with Gasteiger partial charge in [0.15, 0.2) is 0 Å². The van der Waals surface area contributed by atoms with Gasteiger partial charge in [0.2, 0.25) is 0 Å². The van der Waals surface area contributed by atoms with Crippen molar-refractivity contribution < 1.29 is 0 Å². The molecule has 2 unspecified atom stereocenters. The van der Waals surface area contributed by atoms with Crippen molar-refractivity contribution in [2.45, 2.75) is 25.7 Å². The summed E-state index contributed by atoms with van der Waals surface area (Å²) in [4.78, 5) is 2.43. The standard InChI is InChI=1S/C19H19Cl2N3/c1-2-3-4-9-24-18-14-10-12(20)5-7-16(14)22-19(24)15-11-13(21)6-8-17(15)23-18/h2-3,5-8,10-11,18-19,22-23H,4,9H2,1H3/b3-2-. The smallest absolute Gasteiger partial charge is 0.110 e. The second kappa shape index (κ2) is 6.32. The first-order valence-electron chi connectivity index (χ1n) is 8.16. The number of halogens is 2.